The smallest absolute Gasteiger partial charge is 0.325 e. The minimum absolute atomic E-state index is 0.00386. The number of halogens is 4. The lowest BCUT2D eigenvalue weighted by Crippen LogP contribution is -2.19. The highest BCUT2D eigenvalue weighted by molar-refractivity contribution is 8.00. The summed E-state index contributed by atoms with van der Waals surface area (Å²) >= 11 is 6.71. The van der Waals surface area contributed by atoms with Crippen LogP contribution in [-0.4, -0.2) is 21.1 Å². The van der Waals surface area contributed by atoms with Crippen LogP contribution in [0.5, 0.6) is 0 Å². The van der Waals surface area contributed by atoms with E-state index in [1.807, 2.05) is 0 Å². The molecule has 3 rings (SSSR count). The monoisotopic (exact) mass is 412 g/mol. The Bertz CT molecular complexity index is 920. The maximum Gasteiger partial charge on any atom is 0.417 e. The van der Waals surface area contributed by atoms with Crippen molar-refractivity contribution in [3.8, 4) is 0 Å². The number of carbonyl (C=O) groups excluding carboxylic acids is 1. The summed E-state index contributed by atoms with van der Waals surface area (Å²) in [5.41, 5.74) is -0.349. The van der Waals surface area contributed by atoms with E-state index in [-0.39, 0.29) is 5.69 Å². The van der Waals surface area contributed by atoms with Crippen LogP contribution in [0.3, 0.4) is 0 Å². The van der Waals surface area contributed by atoms with E-state index in [2.05, 4.69) is 20.5 Å². The summed E-state index contributed by atoms with van der Waals surface area (Å²) in [5.74, 6) is -0.502. The van der Waals surface area contributed by atoms with Gasteiger partial charge in [-0.05, 0) is 23.8 Å². The zero-order valence-corrected chi connectivity index (χ0v) is 15.1. The molecule has 2 N–H and O–H groups in total. The quantitative estimate of drug-likeness (QED) is 0.582. The van der Waals surface area contributed by atoms with E-state index >= 15 is 0 Å². The van der Waals surface area contributed by atoms with Crippen molar-refractivity contribution in [1.82, 2.24) is 15.2 Å². The first-order valence-electron chi connectivity index (χ1n) is 7.59. The molecule has 10 heteroatoms. The fourth-order valence-corrected chi connectivity index (χ4v) is 3.41. The number of hydrogen-bond acceptors (Lipinski definition) is 4. The Morgan fingerprint density at radius 3 is 2.56 bits per heavy atom. The summed E-state index contributed by atoms with van der Waals surface area (Å²) in [7, 11) is 0. The predicted molar refractivity (Wildman–Crippen MR) is 96.5 cm³/mol. The van der Waals surface area contributed by atoms with Crippen LogP contribution in [0, 0.1) is 0 Å². The molecule has 0 bridgehead atoms. The van der Waals surface area contributed by atoms with Crippen molar-refractivity contribution in [2.45, 2.75) is 16.6 Å². The van der Waals surface area contributed by atoms with Crippen LogP contribution in [0.15, 0.2) is 60.0 Å². The normalized spacial score (nSPS) is 12.6. The molecule has 0 saturated heterocycles. The van der Waals surface area contributed by atoms with Crippen LogP contribution in [-0.2, 0) is 11.0 Å². The summed E-state index contributed by atoms with van der Waals surface area (Å²) in [5, 5.41) is 8.12. The molecule has 0 radical (unpaired) electrons. The van der Waals surface area contributed by atoms with Crippen LogP contribution < -0.4 is 5.32 Å². The van der Waals surface area contributed by atoms with Gasteiger partial charge in [0.1, 0.15) is 11.6 Å². The molecule has 3 aromatic rings. The van der Waals surface area contributed by atoms with Gasteiger partial charge in [0.05, 0.1) is 10.6 Å². The number of thioether (sulfide) groups is 1. The Kier molecular flexibility index (Phi) is 5.71. The Morgan fingerprint density at radius 2 is 1.93 bits per heavy atom. The molecule has 0 fully saturated rings. The average molecular weight is 413 g/mol. The first kappa shape index (κ1) is 19.2. The highest BCUT2D eigenvalue weighted by Crippen LogP contribution is 2.37. The maximum absolute atomic E-state index is 13.0. The number of benzene rings is 2. The minimum Gasteiger partial charge on any atom is -0.325 e. The highest BCUT2D eigenvalue weighted by atomic mass is 35.5. The van der Waals surface area contributed by atoms with Crippen molar-refractivity contribution in [2.24, 2.45) is 0 Å². The average Bonchev–Trinajstić information content (AvgIpc) is 3.14. The Labute approximate surface area is 161 Å². The van der Waals surface area contributed by atoms with Gasteiger partial charge in [0.15, 0.2) is 5.16 Å². The number of carbonyl (C=O) groups is 1. The number of amides is 1. The minimum atomic E-state index is -4.62. The van der Waals surface area contributed by atoms with Crippen LogP contribution in [0.2, 0.25) is 5.02 Å². The molecule has 1 atom stereocenters. The number of anilines is 1. The molecule has 1 heterocycles. The summed E-state index contributed by atoms with van der Waals surface area (Å²) in [6, 6.07) is 12.0. The van der Waals surface area contributed by atoms with E-state index < -0.39 is 27.9 Å². The van der Waals surface area contributed by atoms with Crippen LogP contribution in [0.25, 0.3) is 0 Å². The molecule has 0 aliphatic rings. The number of nitrogens with one attached hydrogen (secondary N) is 2. The first-order chi connectivity index (χ1) is 12.8. The standard InChI is InChI=1S/C17H12ClF3N4OS/c18-13-7-6-11(8-12(13)17(19,20)21)24-15(26)14(10-4-2-1-3-5-10)27-16-22-9-23-25-16/h1-9,14H,(H,24,26)(H,22,23,25). The van der Waals surface area contributed by atoms with Gasteiger partial charge in [-0.25, -0.2) is 4.98 Å². The molecule has 27 heavy (non-hydrogen) atoms. The zero-order valence-electron chi connectivity index (χ0n) is 13.5. The number of alkyl halides is 3. The Morgan fingerprint density at radius 1 is 1.19 bits per heavy atom. The van der Waals surface area contributed by atoms with Crippen LogP contribution in [0.4, 0.5) is 18.9 Å². The maximum atomic E-state index is 13.0. The van der Waals surface area contributed by atoms with Gasteiger partial charge in [-0.1, -0.05) is 53.7 Å². The highest BCUT2D eigenvalue weighted by Gasteiger charge is 2.33. The lowest BCUT2D eigenvalue weighted by atomic mass is 10.1. The third-order valence-corrected chi connectivity index (χ3v) is 4.97. The molecule has 0 saturated carbocycles. The molecule has 1 unspecified atom stereocenters. The van der Waals surface area contributed by atoms with E-state index in [1.54, 1.807) is 30.3 Å². The summed E-state index contributed by atoms with van der Waals surface area (Å²) in [4.78, 5) is 16.8. The van der Waals surface area contributed by atoms with Gasteiger partial charge in [0.25, 0.3) is 0 Å². The summed E-state index contributed by atoms with van der Waals surface area (Å²) in [6.07, 6.45) is -3.32. The molecule has 0 aliphatic carbocycles. The summed E-state index contributed by atoms with van der Waals surface area (Å²) < 4.78 is 39.1. The van der Waals surface area contributed by atoms with Crippen molar-refractivity contribution in [2.75, 3.05) is 5.32 Å². The third-order valence-electron chi connectivity index (χ3n) is 3.50. The van der Waals surface area contributed by atoms with Gasteiger partial charge in [-0.3, -0.25) is 9.89 Å². The lowest BCUT2D eigenvalue weighted by molar-refractivity contribution is -0.137. The van der Waals surface area contributed by atoms with E-state index in [0.29, 0.717) is 10.7 Å². The molecular formula is C17H12ClF3N4OS. The van der Waals surface area contributed by atoms with Gasteiger partial charge in [0.2, 0.25) is 5.91 Å². The first-order valence-corrected chi connectivity index (χ1v) is 8.85. The SMILES string of the molecule is O=C(Nc1ccc(Cl)c(C(F)(F)F)c1)C(Sc1ncn[nH]1)c1ccccc1. The van der Waals surface area contributed by atoms with E-state index in [4.69, 9.17) is 11.6 Å². The van der Waals surface area contributed by atoms with E-state index in [9.17, 15) is 18.0 Å². The number of H-pyrrole nitrogens is 1. The van der Waals surface area contributed by atoms with Crippen molar-refractivity contribution >= 4 is 35.0 Å². The van der Waals surface area contributed by atoms with Gasteiger partial charge in [-0.15, -0.1) is 0 Å². The third kappa shape index (κ3) is 4.81. The molecule has 1 aromatic heterocycles. The second kappa shape index (κ2) is 8.01. The molecule has 2 aromatic carbocycles. The largest absolute Gasteiger partial charge is 0.417 e. The molecule has 1 amide bonds. The number of aromatic nitrogens is 3. The Balaban J connectivity index is 1.87. The van der Waals surface area contributed by atoms with Crippen LogP contribution >= 0.6 is 23.4 Å². The van der Waals surface area contributed by atoms with E-state index in [1.165, 1.54) is 12.4 Å². The topological polar surface area (TPSA) is 70.7 Å². The van der Waals surface area contributed by atoms with Gasteiger partial charge >= 0.3 is 6.18 Å². The van der Waals surface area contributed by atoms with Gasteiger partial charge < -0.3 is 5.32 Å². The van der Waals surface area contributed by atoms with E-state index in [0.717, 1.165) is 23.9 Å². The second-order valence-corrected chi connectivity index (χ2v) is 6.88. The number of rotatable bonds is 5. The fraction of sp³-hybridized carbons (Fsp3) is 0.118. The molecule has 5 nitrogen and oxygen atoms in total. The van der Waals surface area contributed by atoms with Crippen LogP contribution in [0.1, 0.15) is 16.4 Å². The second-order valence-electron chi connectivity index (χ2n) is 5.38. The van der Waals surface area contributed by atoms with Crippen molar-refractivity contribution in [3.05, 3.63) is 71.0 Å². The number of nitrogens with zero attached hydrogens (tertiary/aromatic N) is 2. The van der Waals surface area contributed by atoms with Crippen molar-refractivity contribution < 1.29 is 18.0 Å². The van der Waals surface area contributed by atoms with Crippen molar-refractivity contribution in [1.29, 1.82) is 0 Å². The van der Waals surface area contributed by atoms with Crippen molar-refractivity contribution in [3.63, 3.8) is 0 Å². The molecule has 140 valence electrons. The lowest BCUT2D eigenvalue weighted by Gasteiger charge is -2.17. The molecular weight excluding hydrogens is 401 g/mol. The molecule has 0 spiro atoms. The fourth-order valence-electron chi connectivity index (χ4n) is 2.29. The number of hydrogen-bond donors (Lipinski definition) is 2. The zero-order chi connectivity index (χ0) is 19.4. The molecule has 0 aliphatic heterocycles. The number of aromatic amines is 1. The van der Waals surface area contributed by atoms with Gasteiger partial charge in [-0.2, -0.15) is 18.3 Å². The summed E-state index contributed by atoms with van der Waals surface area (Å²) in [6.45, 7) is 0. The Hall–Kier alpha value is -2.52. The van der Waals surface area contributed by atoms with Gasteiger partial charge in [0, 0.05) is 5.69 Å². The predicted octanol–water partition coefficient (Wildman–Crippen LogP) is 4.95.